The minimum atomic E-state index is -4.93. The first-order chi connectivity index (χ1) is 15.7. The molecule has 3 N–H and O–H groups in total. The maximum absolute atomic E-state index is 14.2. The van der Waals surface area contributed by atoms with Crippen molar-refractivity contribution in [3.8, 4) is 0 Å². The second-order valence-electron chi connectivity index (χ2n) is 8.20. The molecule has 2 atom stereocenters. The number of nitrogens with zero attached hydrogens (tertiary/aromatic N) is 2. The van der Waals surface area contributed by atoms with Crippen molar-refractivity contribution in [2.75, 3.05) is 5.73 Å². The SMILES string of the molecule is Nc1ccc2c(ccn2CC(O)(c2ccc3c(c2)C=NC3c2ccc(F)cc2)C(F)(F)F)c1. The molecule has 4 nitrogen and oxygen atoms in total. The van der Waals surface area contributed by atoms with Crippen LogP contribution in [0.3, 0.4) is 0 Å². The number of alkyl halides is 3. The lowest BCUT2D eigenvalue weighted by molar-refractivity contribution is -0.271. The number of rotatable bonds is 4. The van der Waals surface area contributed by atoms with Gasteiger partial charge in [0.25, 0.3) is 0 Å². The van der Waals surface area contributed by atoms with Crippen molar-refractivity contribution in [1.82, 2.24) is 4.57 Å². The molecule has 0 aliphatic carbocycles. The van der Waals surface area contributed by atoms with Gasteiger partial charge in [-0.3, -0.25) is 4.99 Å². The highest BCUT2D eigenvalue weighted by Crippen LogP contribution is 2.43. The van der Waals surface area contributed by atoms with Crippen LogP contribution in [0.2, 0.25) is 0 Å². The standard InChI is InChI=1S/C25H19F4N3O/c26-19-4-1-15(2-5-19)23-21-7-3-18(11-17(21)13-31-23)24(33,25(27,28)29)14-32-10-9-16-12-20(30)6-8-22(16)32/h1-13,23,33H,14,30H2. The van der Waals surface area contributed by atoms with Crippen LogP contribution in [0.5, 0.6) is 0 Å². The predicted molar refractivity (Wildman–Crippen MR) is 119 cm³/mol. The van der Waals surface area contributed by atoms with E-state index in [4.69, 9.17) is 5.73 Å². The Morgan fingerprint density at radius 1 is 0.970 bits per heavy atom. The van der Waals surface area contributed by atoms with E-state index >= 15 is 0 Å². The summed E-state index contributed by atoms with van der Waals surface area (Å²) in [6.07, 6.45) is -1.95. The van der Waals surface area contributed by atoms with Crippen molar-refractivity contribution < 1.29 is 22.7 Å². The number of aliphatic imine (C=N–C) groups is 1. The summed E-state index contributed by atoms with van der Waals surface area (Å²) in [5, 5.41) is 11.7. The van der Waals surface area contributed by atoms with E-state index in [9.17, 15) is 22.7 Å². The van der Waals surface area contributed by atoms with Crippen LogP contribution < -0.4 is 5.73 Å². The second kappa shape index (κ2) is 7.45. The molecular weight excluding hydrogens is 434 g/mol. The summed E-state index contributed by atoms with van der Waals surface area (Å²) >= 11 is 0. The molecule has 2 unspecified atom stereocenters. The van der Waals surface area contributed by atoms with Crippen molar-refractivity contribution in [3.63, 3.8) is 0 Å². The lowest BCUT2D eigenvalue weighted by Crippen LogP contribution is -2.45. The Morgan fingerprint density at radius 2 is 1.73 bits per heavy atom. The summed E-state index contributed by atoms with van der Waals surface area (Å²) in [4.78, 5) is 4.39. The van der Waals surface area contributed by atoms with Gasteiger partial charge in [0.1, 0.15) is 11.9 Å². The van der Waals surface area contributed by atoms with E-state index in [0.717, 1.165) is 5.56 Å². The van der Waals surface area contributed by atoms with Gasteiger partial charge in [0.05, 0.1) is 6.54 Å². The highest BCUT2D eigenvalue weighted by Gasteiger charge is 2.55. The molecule has 168 valence electrons. The van der Waals surface area contributed by atoms with Gasteiger partial charge >= 0.3 is 6.18 Å². The van der Waals surface area contributed by atoms with Crippen LogP contribution in [0.15, 0.2) is 77.9 Å². The Kier molecular flexibility index (Phi) is 4.79. The van der Waals surface area contributed by atoms with Gasteiger partial charge in [-0.05, 0) is 64.7 Å². The number of benzene rings is 3. The van der Waals surface area contributed by atoms with Gasteiger partial charge in [-0.25, -0.2) is 4.39 Å². The zero-order valence-electron chi connectivity index (χ0n) is 17.2. The summed E-state index contributed by atoms with van der Waals surface area (Å²) in [5.41, 5.74) is 5.29. The van der Waals surface area contributed by atoms with E-state index < -0.39 is 24.4 Å². The van der Waals surface area contributed by atoms with Crippen molar-refractivity contribution >= 4 is 22.8 Å². The average Bonchev–Trinajstić information content (AvgIpc) is 3.37. The van der Waals surface area contributed by atoms with E-state index in [0.29, 0.717) is 27.7 Å². The molecule has 0 spiro atoms. The Labute approximate surface area is 186 Å². The van der Waals surface area contributed by atoms with E-state index in [2.05, 4.69) is 4.99 Å². The summed E-state index contributed by atoms with van der Waals surface area (Å²) in [6, 6.07) is 16.1. The van der Waals surface area contributed by atoms with Crippen LogP contribution in [0, 0.1) is 5.82 Å². The molecule has 1 aliphatic heterocycles. The van der Waals surface area contributed by atoms with Crippen LogP contribution >= 0.6 is 0 Å². The van der Waals surface area contributed by atoms with Gasteiger partial charge in [-0.2, -0.15) is 13.2 Å². The lowest BCUT2D eigenvalue weighted by Gasteiger charge is -2.32. The quantitative estimate of drug-likeness (QED) is 0.324. The maximum Gasteiger partial charge on any atom is 0.423 e. The third-order valence-corrected chi connectivity index (χ3v) is 6.07. The normalized spacial score (nSPS) is 17.3. The average molecular weight is 453 g/mol. The molecule has 1 aliphatic rings. The van der Waals surface area contributed by atoms with Gasteiger partial charge in [0.15, 0.2) is 0 Å². The molecule has 4 aromatic rings. The van der Waals surface area contributed by atoms with Crippen LogP contribution in [-0.4, -0.2) is 22.1 Å². The summed E-state index contributed by atoms with van der Waals surface area (Å²) in [7, 11) is 0. The minimum absolute atomic E-state index is 0.280. The van der Waals surface area contributed by atoms with Gasteiger partial charge in [-0.15, -0.1) is 0 Å². The Morgan fingerprint density at radius 3 is 2.45 bits per heavy atom. The van der Waals surface area contributed by atoms with Gasteiger partial charge in [0, 0.05) is 29.0 Å². The maximum atomic E-state index is 14.2. The first-order valence-corrected chi connectivity index (χ1v) is 10.2. The van der Waals surface area contributed by atoms with Crippen LogP contribution in [0.1, 0.15) is 28.3 Å². The molecule has 0 radical (unpaired) electrons. The fourth-order valence-corrected chi connectivity index (χ4v) is 4.29. The number of hydrogen-bond donors (Lipinski definition) is 2. The molecule has 0 saturated carbocycles. The van der Waals surface area contributed by atoms with Gasteiger partial charge in [-0.1, -0.05) is 24.3 Å². The summed E-state index contributed by atoms with van der Waals surface area (Å²) in [6.45, 7) is -0.721. The highest BCUT2D eigenvalue weighted by atomic mass is 19.4. The number of hydrogen-bond acceptors (Lipinski definition) is 3. The van der Waals surface area contributed by atoms with E-state index in [1.54, 1.807) is 36.4 Å². The second-order valence-corrected chi connectivity index (χ2v) is 8.20. The number of anilines is 1. The monoisotopic (exact) mass is 453 g/mol. The smallest absolute Gasteiger partial charge is 0.399 e. The molecule has 1 aromatic heterocycles. The van der Waals surface area contributed by atoms with Crippen LogP contribution in [0.4, 0.5) is 23.2 Å². The molecule has 3 aromatic carbocycles. The number of nitrogen functional groups attached to an aromatic ring is 1. The van der Waals surface area contributed by atoms with E-state index in [-0.39, 0.29) is 11.4 Å². The topological polar surface area (TPSA) is 63.5 Å². The molecule has 8 heteroatoms. The van der Waals surface area contributed by atoms with E-state index in [1.165, 1.54) is 47.3 Å². The van der Waals surface area contributed by atoms with Crippen molar-refractivity contribution in [2.45, 2.75) is 24.4 Å². The van der Waals surface area contributed by atoms with Crippen molar-refractivity contribution in [1.29, 1.82) is 0 Å². The fourth-order valence-electron chi connectivity index (χ4n) is 4.29. The highest BCUT2D eigenvalue weighted by molar-refractivity contribution is 5.86. The van der Waals surface area contributed by atoms with E-state index in [1.807, 2.05) is 0 Å². The molecule has 5 rings (SSSR count). The predicted octanol–water partition coefficient (Wildman–Crippen LogP) is 5.33. The first-order valence-electron chi connectivity index (χ1n) is 10.2. The van der Waals surface area contributed by atoms with Crippen LogP contribution in [-0.2, 0) is 12.1 Å². The summed E-state index contributed by atoms with van der Waals surface area (Å²) in [5.74, 6) is -0.383. The van der Waals surface area contributed by atoms with Crippen LogP contribution in [0.25, 0.3) is 10.9 Å². The third-order valence-electron chi connectivity index (χ3n) is 6.07. The minimum Gasteiger partial charge on any atom is -0.399 e. The Balaban J connectivity index is 1.53. The number of halogens is 4. The lowest BCUT2D eigenvalue weighted by atomic mass is 9.88. The molecule has 33 heavy (non-hydrogen) atoms. The van der Waals surface area contributed by atoms with Gasteiger partial charge in [0.2, 0.25) is 5.60 Å². The van der Waals surface area contributed by atoms with Crippen molar-refractivity contribution in [2.24, 2.45) is 4.99 Å². The number of nitrogens with two attached hydrogens (primary N) is 1. The Hall–Kier alpha value is -3.65. The molecule has 2 heterocycles. The van der Waals surface area contributed by atoms with Crippen molar-refractivity contribution in [3.05, 3.63) is 101 Å². The summed E-state index contributed by atoms with van der Waals surface area (Å²) < 4.78 is 57.3. The molecular formula is C25H19F4N3O. The molecule has 0 saturated heterocycles. The van der Waals surface area contributed by atoms with Gasteiger partial charge < -0.3 is 15.4 Å². The first kappa shape index (κ1) is 21.2. The third kappa shape index (κ3) is 3.56. The zero-order valence-corrected chi connectivity index (χ0v) is 17.2. The molecule has 0 fully saturated rings. The molecule has 0 bridgehead atoms. The fraction of sp³-hybridized carbons (Fsp3) is 0.160. The molecule has 0 amide bonds. The zero-order chi connectivity index (χ0) is 23.4. The number of fused-ring (bicyclic) bond motifs is 2. The largest absolute Gasteiger partial charge is 0.423 e. The number of aromatic nitrogens is 1. The number of aliphatic hydroxyl groups is 1. The Bertz CT molecular complexity index is 1370.